The van der Waals surface area contributed by atoms with Crippen molar-refractivity contribution in [2.75, 3.05) is 33.3 Å². The first-order valence-electron chi connectivity index (χ1n) is 10.1. The maximum Gasteiger partial charge on any atom is 0.243 e. The fourth-order valence-corrected chi connectivity index (χ4v) is 5.14. The highest BCUT2D eigenvalue weighted by atomic mass is 32.2. The molecular formula is C24H26N2O3S. The summed E-state index contributed by atoms with van der Waals surface area (Å²) >= 11 is 0. The normalized spacial score (nSPS) is 15.8. The van der Waals surface area contributed by atoms with E-state index in [2.05, 4.69) is 17.0 Å². The van der Waals surface area contributed by atoms with Crippen molar-refractivity contribution in [3.63, 3.8) is 0 Å². The molecule has 0 bridgehead atoms. The average Bonchev–Trinajstić information content (AvgIpc) is 2.81. The van der Waals surface area contributed by atoms with Gasteiger partial charge in [0.2, 0.25) is 10.0 Å². The average molecular weight is 423 g/mol. The van der Waals surface area contributed by atoms with Crippen molar-refractivity contribution >= 4 is 10.0 Å². The van der Waals surface area contributed by atoms with Crippen LogP contribution in [0.4, 0.5) is 0 Å². The Kier molecular flexibility index (Phi) is 6.18. The summed E-state index contributed by atoms with van der Waals surface area (Å²) in [5.41, 5.74) is 3.29. The van der Waals surface area contributed by atoms with E-state index >= 15 is 0 Å². The van der Waals surface area contributed by atoms with Gasteiger partial charge in [-0.3, -0.25) is 4.90 Å². The SMILES string of the molecule is COc1ccc(CN2CCN(S(=O)(=O)c3ccc(-c4ccccc4)cc3)CC2)cc1. The van der Waals surface area contributed by atoms with Crippen LogP contribution in [0.3, 0.4) is 0 Å². The highest BCUT2D eigenvalue weighted by molar-refractivity contribution is 7.89. The Morgan fingerprint density at radius 2 is 1.37 bits per heavy atom. The molecule has 0 unspecified atom stereocenters. The molecule has 0 atom stereocenters. The van der Waals surface area contributed by atoms with Crippen LogP contribution in [-0.2, 0) is 16.6 Å². The molecule has 1 heterocycles. The molecule has 156 valence electrons. The van der Waals surface area contributed by atoms with E-state index in [4.69, 9.17) is 4.74 Å². The molecule has 0 saturated carbocycles. The van der Waals surface area contributed by atoms with Gasteiger partial charge in [0.1, 0.15) is 5.75 Å². The van der Waals surface area contributed by atoms with Gasteiger partial charge in [0.15, 0.2) is 0 Å². The van der Waals surface area contributed by atoms with E-state index in [1.807, 2.05) is 54.6 Å². The van der Waals surface area contributed by atoms with Crippen molar-refractivity contribution in [1.82, 2.24) is 9.21 Å². The molecule has 0 amide bonds. The maximum absolute atomic E-state index is 13.1. The summed E-state index contributed by atoms with van der Waals surface area (Å²) in [5, 5.41) is 0. The minimum absolute atomic E-state index is 0.353. The fraction of sp³-hybridized carbons (Fsp3) is 0.250. The lowest BCUT2D eigenvalue weighted by Gasteiger charge is -2.34. The molecule has 0 aromatic heterocycles. The Labute approximate surface area is 178 Å². The van der Waals surface area contributed by atoms with Gasteiger partial charge >= 0.3 is 0 Å². The molecule has 1 saturated heterocycles. The van der Waals surface area contributed by atoms with Crippen molar-refractivity contribution in [1.29, 1.82) is 0 Å². The highest BCUT2D eigenvalue weighted by Gasteiger charge is 2.28. The second-order valence-electron chi connectivity index (χ2n) is 7.42. The number of hydrogen-bond acceptors (Lipinski definition) is 4. The van der Waals surface area contributed by atoms with E-state index in [1.165, 1.54) is 5.56 Å². The summed E-state index contributed by atoms with van der Waals surface area (Å²) in [6.07, 6.45) is 0. The number of piperazine rings is 1. The van der Waals surface area contributed by atoms with Gasteiger partial charge in [-0.15, -0.1) is 0 Å². The van der Waals surface area contributed by atoms with Crippen LogP contribution in [0.1, 0.15) is 5.56 Å². The molecule has 3 aromatic rings. The van der Waals surface area contributed by atoms with E-state index in [0.717, 1.165) is 23.4 Å². The third-order valence-corrected chi connectivity index (χ3v) is 7.41. The molecule has 6 heteroatoms. The number of methoxy groups -OCH3 is 1. The highest BCUT2D eigenvalue weighted by Crippen LogP contribution is 2.24. The van der Waals surface area contributed by atoms with E-state index in [-0.39, 0.29) is 0 Å². The summed E-state index contributed by atoms with van der Waals surface area (Å²) in [7, 11) is -1.82. The minimum atomic E-state index is -3.48. The second kappa shape index (κ2) is 9.00. The van der Waals surface area contributed by atoms with Crippen LogP contribution in [-0.4, -0.2) is 50.9 Å². The number of sulfonamides is 1. The van der Waals surface area contributed by atoms with Gasteiger partial charge in [-0.2, -0.15) is 4.31 Å². The number of nitrogens with zero attached hydrogens (tertiary/aromatic N) is 2. The molecule has 1 fully saturated rings. The molecular weight excluding hydrogens is 396 g/mol. The summed E-state index contributed by atoms with van der Waals surface area (Å²) in [5.74, 6) is 0.841. The van der Waals surface area contributed by atoms with E-state index in [1.54, 1.807) is 23.5 Å². The third kappa shape index (κ3) is 4.56. The second-order valence-corrected chi connectivity index (χ2v) is 9.36. The summed E-state index contributed by atoms with van der Waals surface area (Å²) in [6.45, 7) is 3.24. The largest absolute Gasteiger partial charge is 0.497 e. The number of hydrogen-bond donors (Lipinski definition) is 0. The third-order valence-electron chi connectivity index (χ3n) is 5.50. The van der Waals surface area contributed by atoms with Gasteiger partial charge in [0.25, 0.3) is 0 Å². The molecule has 0 N–H and O–H groups in total. The molecule has 5 nitrogen and oxygen atoms in total. The first-order valence-corrected chi connectivity index (χ1v) is 11.5. The Balaban J connectivity index is 1.38. The Morgan fingerprint density at radius 1 is 0.767 bits per heavy atom. The zero-order valence-electron chi connectivity index (χ0n) is 17.1. The predicted octanol–water partition coefficient (Wildman–Crippen LogP) is 3.87. The van der Waals surface area contributed by atoms with Crippen molar-refractivity contribution in [2.45, 2.75) is 11.4 Å². The smallest absolute Gasteiger partial charge is 0.243 e. The molecule has 30 heavy (non-hydrogen) atoms. The Bertz CT molecular complexity index is 1060. The van der Waals surface area contributed by atoms with Crippen molar-refractivity contribution in [3.8, 4) is 16.9 Å². The molecule has 0 spiro atoms. The maximum atomic E-state index is 13.1. The zero-order valence-corrected chi connectivity index (χ0v) is 17.9. The van der Waals surface area contributed by atoms with Crippen LogP contribution < -0.4 is 4.74 Å². The standard InChI is InChI=1S/C24H26N2O3S/c1-29-23-11-7-20(8-12-23)19-25-15-17-26(18-16-25)30(27,28)24-13-9-22(10-14-24)21-5-3-2-4-6-21/h2-14H,15-19H2,1H3. The van der Waals surface area contributed by atoms with Gasteiger partial charge < -0.3 is 4.74 Å². The molecule has 0 radical (unpaired) electrons. The molecule has 3 aromatic carbocycles. The van der Waals surface area contributed by atoms with E-state index < -0.39 is 10.0 Å². The van der Waals surface area contributed by atoms with Gasteiger partial charge in [-0.1, -0.05) is 54.6 Å². The van der Waals surface area contributed by atoms with Crippen LogP contribution >= 0.6 is 0 Å². The number of benzene rings is 3. The lowest BCUT2D eigenvalue weighted by atomic mass is 10.1. The lowest BCUT2D eigenvalue weighted by Crippen LogP contribution is -2.48. The van der Waals surface area contributed by atoms with Crippen LogP contribution in [0.5, 0.6) is 5.75 Å². The van der Waals surface area contributed by atoms with Crippen molar-refractivity contribution in [3.05, 3.63) is 84.4 Å². The number of ether oxygens (including phenoxy) is 1. The first kappa shape index (κ1) is 20.6. The Hall–Kier alpha value is -2.67. The predicted molar refractivity (Wildman–Crippen MR) is 119 cm³/mol. The van der Waals surface area contributed by atoms with Gasteiger partial charge in [-0.25, -0.2) is 8.42 Å². The molecule has 4 rings (SSSR count). The minimum Gasteiger partial charge on any atom is -0.497 e. The van der Waals surface area contributed by atoms with Crippen molar-refractivity contribution in [2.24, 2.45) is 0 Å². The topological polar surface area (TPSA) is 49.9 Å². The van der Waals surface area contributed by atoms with E-state index in [0.29, 0.717) is 31.1 Å². The van der Waals surface area contributed by atoms with Gasteiger partial charge in [0, 0.05) is 32.7 Å². The van der Waals surface area contributed by atoms with Crippen LogP contribution in [0.15, 0.2) is 83.8 Å². The van der Waals surface area contributed by atoms with Crippen molar-refractivity contribution < 1.29 is 13.2 Å². The summed E-state index contributed by atoms with van der Waals surface area (Å²) in [4.78, 5) is 2.64. The zero-order chi connectivity index (χ0) is 21.0. The van der Waals surface area contributed by atoms with Gasteiger partial charge in [0.05, 0.1) is 12.0 Å². The molecule has 1 aliphatic rings. The van der Waals surface area contributed by atoms with Crippen LogP contribution in [0.2, 0.25) is 0 Å². The summed E-state index contributed by atoms with van der Waals surface area (Å²) in [6, 6.07) is 25.1. The lowest BCUT2D eigenvalue weighted by molar-refractivity contribution is 0.181. The monoisotopic (exact) mass is 422 g/mol. The fourth-order valence-electron chi connectivity index (χ4n) is 3.72. The van der Waals surface area contributed by atoms with E-state index in [9.17, 15) is 8.42 Å². The van der Waals surface area contributed by atoms with Crippen LogP contribution in [0, 0.1) is 0 Å². The quantitative estimate of drug-likeness (QED) is 0.605. The number of rotatable bonds is 6. The molecule has 1 aliphatic heterocycles. The summed E-state index contributed by atoms with van der Waals surface area (Å²) < 4.78 is 32.9. The van der Waals surface area contributed by atoms with Crippen LogP contribution in [0.25, 0.3) is 11.1 Å². The van der Waals surface area contributed by atoms with Gasteiger partial charge in [-0.05, 0) is 41.0 Å². The Morgan fingerprint density at radius 3 is 1.97 bits per heavy atom. The first-order chi connectivity index (χ1) is 14.6. The molecule has 0 aliphatic carbocycles.